The van der Waals surface area contributed by atoms with Gasteiger partial charge in [0.15, 0.2) is 11.6 Å². The first-order chi connectivity index (χ1) is 15.8. The number of rotatable bonds is 10. The van der Waals surface area contributed by atoms with E-state index in [0.717, 1.165) is 29.2 Å². The number of H-pyrrole nitrogens is 1. The molecule has 3 N–H and O–H groups in total. The number of nitrogens with zero attached hydrogens (tertiary/aromatic N) is 4. The molecule has 9 nitrogen and oxygen atoms in total. The fraction of sp³-hybridized carbons (Fsp3) is 0.304. The average Bonchev–Trinajstić information content (AvgIpc) is 3.38. The van der Waals surface area contributed by atoms with Crippen molar-refractivity contribution in [2.24, 2.45) is 0 Å². The summed E-state index contributed by atoms with van der Waals surface area (Å²) in [4.78, 5) is 9.02. The molecule has 0 bridgehead atoms. The molecule has 32 heavy (non-hydrogen) atoms. The van der Waals surface area contributed by atoms with E-state index in [4.69, 9.17) is 9.26 Å². The van der Waals surface area contributed by atoms with Gasteiger partial charge in [0.05, 0.1) is 13.2 Å². The third-order valence-electron chi connectivity index (χ3n) is 5.08. The lowest BCUT2D eigenvalue weighted by atomic mass is 10.1. The van der Waals surface area contributed by atoms with Crippen LogP contribution in [0.15, 0.2) is 53.1 Å². The maximum Gasteiger partial charge on any atom is 0.228 e. The number of aromatic amines is 1. The lowest BCUT2D eigenvalue weighted by Gasteiger charge is -2.10. The number of nitrogens with one attached hydrogen (secondary N) is 3. The molecular formula is C23H25N7O2. The molecule has 0 amide bonds. The smallest absolute Gasteiger partial charge is 0.228 e. The molecule has 1 aliphatic rings. The summed E-state index contributed by atoms with van der Waals surface area (Å²) in [6, 6.07) is 15.6. The van der Waals surface area contributed by atoms with Gasteiger partial charge in [0, 0.05) is 35.4 Å². The van der Waals surface area contributed by atoms with Gasteiger partial charge in [-0.2, -0.15) is 15.1 Å². The number of hydrogen-bond acceptors (Lipinski definition) is 8. The minimum atomic E-state index is 0.394. The van der Waals surface area contributed by atoms with Gasteiger partial charge in [-0.25, -0.2) is 0 Å². The van der Waals surface area contributed by atoms with Crippen molar-refractivity contribution in [2.45, 2.75) is 38.6 Å². The summed E-state index contributed by atoms with van der Waals surface area (Å²) in [6.07, 6.45) is 3.32. The van der Waals surface area contributed by atoms with Crippen LogP contribution in [-0.4, -0.2) is 31.9 Å². The van der Waals surface area contributed by atoms with Crippen LogP contribution in [0.5, 0.6) is 5.88 Å². The van der Waals surface area contributed by atoms with Crippen molar-refractivity contribution in [3.63, 3.8) is 0 Å². The number of aromatic nitrogens is 5. The van der Waals surface area contributed by atoms with Crippen LogP contribution in [0.2, 0.25) is 0 Å². The lowest BCUT2D eigenvalue weighted by Crippen LogP contribution is -2.07. The maximum atomic E-state index is 5.75. The highest BCUT2D eigenvalue weighted by molar-refractivity contribution is 5.59. The Morgan fingerprint density at radius 2 is 1.97 bits per heavy atom. The van der Waals surface area contributed by atoms with Crippen LogP contribution in [0.1, 0.15) is 43.6 Å². The molecule has 1 fully saturated rings. The molecule has 0 saturated heterocycles. The van der Waals surface area contributed by atoms with Crippen molar-refractivity contribution in [1.29, 1.82) is 0 Å². The predicted octanol–water partition coefficient (Wildman–Crippen LogP) is 4.88. The Kier molecular flexibility index (Phi) is 5.69. The summed E-state index contributed by atoms with van der Waals surface area (Å²) in [6.45, 7) is 3.02. The van der Waals surface area contributed by atoms with E-state index in [1.165, 1.54) is 12.8 Å². The molecule has 1 aliphatic carbocycles. The van der Waals surface area contributed by atoms with Gasteiger partial charge in [-0.1, -0.05) is 42.4 Å². The molecule has 0 aliphatic heterocycles. The van der Waals surface area contributed by atoms with Crippen LogP contribution >= 0.6 is 0 Å². The summed E-state index contributed by atoms with van der Waals surface area (Å²) < 4.78 is 11.2. The third kappa shape index (κ3) is 4.88. The van der Waals surface area contributed by atoms with Crippen LogP contribution in [0.25, 0.3) is 11.3 Å². The first kappa shape index (κ1) is 20.0. The number of ether oxygens (including phenoxy) is 1. The summed E-state index contributed by atoms with van der Waals surface area (Å²) in [7, 11) is 0. The zero-order valence-corrected chi connectivity index (χ0v) is 17.8. The van der Waals surface area contributed by atoms with E-state index in [0.29, 0.717) is 42.5 Å². The molecule has 164 valence electrons. The van der Waals surface area contributed by atoms with Crippen LogP contribution < -0.4 is 15.4 Å². The van der Waals surface area contributed by atoms with E-state index in [9.17, 15) is 0 Å². The van der Waals surface area contributed by atoms with Gasteiger partial charge >= 0.3 is 0 Å². The van der Waals surface area contributed by atoms with Gasteiger partial charge in [-0.15, -0.1) is 0 Å². The van der Waals surface area contributed by atoms with Crippen LogP contribution in [0, 0.1) is 0 Å². The SMILES string of the molecule is CCCOc1cc(Nc2cc(C3CC3)[nH]n2)nc(NCc2cc(-c3ccccc3)no2)n1. The van der Waals surface area contributed by atoms with Gasteiger partial charge in [0.25, 0.3) is 0 Å². The Morgan fingerprint density at radius 3 is 2.78 bits per heavy atom. The van der Waals surface area contributed by atoms with Gasteiger partial charge < -0.3 is 19.9 Å². The molecule has 0 radical (unpaired) electrons. The van der Waals surface area contributed by atoms with Crippen molar-refractivity contribution in [3.05, 3.63) is 60.0 Å². The van der Waals surface area contributed by atoms with Crippen molar-refractivity contribution in [1.82, 2.24) is 25.3 Å². The van der Waals surface area contributed by atoms with E-state index in [2.05, 4.69) is 42.9 Å². The highest BCUT2D eigenvalue weighted by atomic mass is 16.5. The summed E-state index contributed by atoms with van der Waals surface area (Å²) in [5, 5.41) is 18.0. The average molecular weight is 432 g/mol. The van der Waals surface area contributed by atoms with E-state index in [1.54, 1.807) is 6.07 Å². The molecule has 1 saturated carbocycles. The monoisotopic (exact) mass is 431 g/mol. The van der Waals surface area contributed by atoms with Crippen molar-refractivity contribution < 1.29 is 9.26 Å². The molecule has 9 heteroatoms. The van der Waals surface area contributed by atoms with E-state index in [1.807, 2.05) is 42.5 Å². The topological polar surface area (TPSA) is 114 Å². The standard InChI is InChI=1S/C23H25N7O2/c1-2-10-31-22-13-20(25-21-12-18(28-29-21)16-8-9-16)26-23(27-22)24-14-17-11-19(30-32-17)15-6-4-3-5-7-15/h3-7,11-13,16H,2,8-10,14H2,1H3,(H3,24,25,26,27,28,29). The zero-order valence-electron chi connectivity index (χ0n) is 17.8. The Labute approximate surface area is 185 Å². The van der Waals surface area contributed by atoms with E-state index in [-0.39, 0.29) is 0 Å². The minimum absolute atomic E-state index is 0.394. The van der Waals surface area contributed by atoms with E-state index >= 15 is 0 Å². The molecule has 3 aromatic heterocycles. The second-order valence-corrected chi connectivity index (χ2v) is 7.77. The second kappa shape index (κ2) is 9.09. The molecular weight excluding hydrogens is 406 g/mol. The summed E-state index contributed by atoms with van der Waals surface area (Å²) in [5.41, 5.74) is 2.95. The Balaban J connectivity index is 1.29. The lowest BCUT2D eigenvalue weighted by molar-refractivity contribution is 0.305. The molecule has 5 rings (SSSR count). The number of hydrogen-bond donors (Lipinski definition) is 3. The molecule has 0 unspecified atom stereocenters. The molecule has 3 heterocycles. The second-order valence-electron chi connectivity index (χ2n) is 7.77. The first-order valence-corrected chi connectivity index (χ1v) is 10.9. The first-order valence-electron chi connectivity index (χ1n) is 10.9. The molecule has 1 aromatic carbocycles. The van der Waals surface area contributed by atoms with Crippen LogP contribution in [0.3, 0.4) is 0 Å². The fourth-order valence-electron chi connectivity index (χ4n) is 3.29. The molecule has 0 atom stereocenters. The quantitative estimate of drug-likeness (QED) is 0.326. The summed E-state index contributed by atoms with van der Waals surface area (Å²) >= 11 is 0. The highest BCUT2D eigenvalue weighted by Gasteiger charge is 2.25. The van der Waals surface area contributed by atoms with Gasteiger partial charge in [0.2, 0.25) is 11.8 Å². The van der Waals surface area contributed by atoms with Crippen molar-refractivity contribution in [3.8, 4) is 17.1 Å². The largest absolute Gasteiger partial charge is 0.477 e. The van der Waals surface area contributed by atoms with Gasteiger partial charge in [-0.05, 0) is 19.3 Å². The van der Waals surface area contributed by atoms with Gasteiger partial charge in [-0.3, -0.25) is 5.10 Å². The highest BCUT2D eigenvalue weighted by Crippen LogP contribution is 2.39. The Hall–Kier alpha value is -3.88. The maximum absolute atomic E-state index is 5.75. The minimum Gasteiger partial charge on any atom is -0.477 e. The number of benzene rings is 1. The molecule has 0 spiro atoms. The van der Waals surface area contributed by atoms with Crippen molar-refractivity contribution in [2.75, 3.05) is 17.2 Å². The van der Waals surface area contributed by atoms with Crippen molar-refractivity contribution >= 4 is 17.6 Å². The zero-order chi connectivity index (χ0) is 21.8. The number of anilines is 3. The van der Waals surface area contributed by atoms with E-state index < -0.39 is 0 Å². The predicted molar refractivity (Wildman–Crippen MR) is 121 cm³/mol. The molecule has 4 aromatic rings. The van der Waals surface area contributed by atoms with Gasteiger partial charge in [0.1, 0.15) is 11.5 Å². The Morgan fingerprint density at radius 1 is 1.09 bits per heavy atom. The normalized spacial score (nSPS) is 13.2. The third-order valence-corrected chi connectivity index (χ3v) is 5.08. The van der Waals surface area contributed by atoms with Crippen LogP contribution in [-0.2, 0) is 6.54 Å². The fourth-order valence-corrected chi connectivity index (χ4v) is 3.29. The Bertz CT molecular complexity index is 1170. The summed E-state index contributed by atoms with van der Waals surface area (Å²) in [5.74, 6) is 3.53. The van der Waals surface area contributed by atoms with Crippen LogP contribution in [0.4, 0.5) is 17.6 Å².